The van der Waals surface area contributed by atoms with E-state index in [4.69, 9.17) is 0 Å². The van der Waals surface area contributed by atoms with E-state index in [1.807, 2.05) is 43.3 Å². The van der Waals surface area contributed by atoms with Gasteiger partial charge in [0.15, 0.2) is 0 Å². The van der Waals surface area contributed by atoms with Crippen molar-refractivity contribution in [2.45, 2.75) is 60.3 Å². The van der Waals surface area contributed by atoms with Crippen molar-refractivity contribution in [3.63, 3.8) is 0 Å². The minimum absolute atomic E-state index is 0.274. The van der Waals surface area contributed by atoms with Gasteiger partial charge in [0, 0.05) is 5.56 Å². The summed E-state index contributed by atoms with van der Waals surface area (Å²) in [5, 5.41) is 0. The number of allylic oxidation sites excluding steroid dienone is 3. The van der Waals surface area contributed by atoms with E-state index in [0.717, 1.165) is 17.6 Å². The fourth-order valence-electron chi connectivity index (χ4n) is 3.11. The van der Waals surface area contributed by atoms with Gasteiger partial charge in [0.1, 0.15) is 0 Å². The molecule has 0 aromatic heterocycles. The predicted molar refractivity (Wildman–Crippen MR) is 126 cm³/mol. The molecule has 0 saturated carbocycles. The van der Waals surface area contributed by atoms with E-state index in [1.165, 1.54) is 30.4 Å². The first kappa shape index (κ1) is 23.5. The van der Waals surface area contributed by atoms with Crippen LogP contribution in [-0.2, 0) is 0 Å². The van der Waals surface area contributed by atoms with Gasteiger partial charge >= 0.3 is 0 Å². The minimum Gasteiger partial charge on any atom is -0.0955 e. The molecular formula is C28H36. The van der Waals surface area contributed by atoms with E-state index in [1.54, 1.807) is 0 Å². The van der Waals surface area contributed by atoms with Crippen LogP contribution in [0.25, 0.3) is 5.57 Å². The zero-order chi connectivity index (χ0) is 20.8. The Hall–Kier alpha value is -2.52. The lowest BCUT2D eigenvalue weighted by Crippen LogP contribution is -2.14. The molecule has 0 N–H and O–H groups in total. The Kier molecular flexibility index (Phi) is 10.7. The zero-order valence-corrected chi connectivity index (χ0v) is 18.4. The number of benzene rings is 2. The lowest BCUT2D eigenvalue weighted by Gasteiger charge is -2.27. The highest BCUT2D eigenvalue weighted by atomic mass is 14.3. The molecule has 0 saturated heterocycles. The SMILES string of the molecule is C=C(C)c1ccccc1.CCC/C(=C\C#Cc1ccccc1)C(C)(C)CCC. The molecule has 0 radical (unpaired) electrons. The third-order valence-electron chi connectivity index (χ3n) is 4.77. The smallest absolute Gasteiger partial charge is 0.0248 e. The van der Waals surface area contributed by atoms with Gasteiger partial charge in [-0.05, 0) is 49.0 Å². The van der Waals surface area contributed by atoms with Gasteiger partial charge < -0.3 is 0 Å². The van der Waals surface area contributed by atoms with Crippen molar-refractivity contribution in [2.75, 3.05) is 0 Å². The third-order valence-corrected chi connectivity index (χ3v) is 4.77. The van der Waals surface area contributed by atoms with E-state index < -0.39 is 0 Å². The van der Waals surface area contributed by atoms with Crippen LogP contribution in [-0.4, -0.2) is 0 Å². The molecule has 0 aliphatic rings. The Balaban J connectivity index is 0.000000362. The lowest BCUT2D eigenvalue weighted by molar-refractivity contribution is 0.388. The predicted octanol–water partition coefficient (Wildman–Crippen LogP) is 8.31. The Labute approximate surface area is 173 Å². The maximum Gasteiger partial charge on any atom is 0.0248 e. The average Bonchev–Trinajstić information content (AvgIpc) is 2.69. The maximum absolute atomic E-state index is 3.83. The van der Waals surface area contributed by atoms with Crippen LogP contribution >= 0.6 is 0 Å². The summed E-state index contributed by atoms with van der Waals surface area (Å²) in [5.74, 6) is 6.46. The molecule has 0 nitrogen and oxygen atoms in total. The van der Waals surface area contributed by atoms with Gasteiger partial charge in [-0.2, -0.15) is 0 Å². The Bertz CT molecular complexity index is 780. The van der Waals surface area contributed by atoms with E-state index in [0.29, 0.717) is 0 Å². The molecule has 0 heterocycles. The summed E-state index contributed by atoms with van der Waals surface area (Å²) >= 11 is 0. The zero-order valence-electron chi connectivity index (χ0n) is 18.4. The second kappa shape index (κ2) is 12.8. The Morgan fingerprint density at radius 3 is 1.96 bits per heavy atom. The highest BCUT2D eigenvalue weighted by Gasteiger charge is 2.20. The average molecular weight is 373 g/mol. The molecule has 0 heteroatoms. The number of rotatable bonds is 6. The normalized spacial score (nSPS) is 11.0. The van der Waals surface area contributed by atoms with Crippen LogP contribution in [0.2, 0.25) is 0 Å². The van der Waals surface area contributed by atoms with Crippen molar-refractivity contribution in [2.24, 2.45) is 5.41 Å². The molecule has 0 unspecified atom stereocenters. The van der Waals surface area contributed by atoms with Gasteiger partial charge in [-0.15, -0.1) is 0 Å². The van der Waals surface area contributed by atoms with Crippen molar-refractivity contribution in [3.05, 3.63) is 90.0 Å². The summed E-state index contributed by atoms with van der Waals surface area (Å²) in [6.45, 7) is 15.0. The van der Waals surface area contributed by atoms with Crippen molar-refractivity contribution < 1.29 is 0 Å². The summed E-state index contributed by atoms with van der Waals surface area (Å²) in [6.07, 6.45) is 6.93. The van der Waals surface area contributed by atoms with Crippen LogP contribution in [0.4, 0.5) is 0 Å². The van der Waals surface area contributed by atoms with E-state index in [2.05, 4.69) is 76.5 Å². The number of hydrogen-bond acceptors (Lipinski definition) is 0. The molecule has 2 rings (SSSR count). The molecule has 0 spiro atoms. The lowest BCUT2D eigenvalue weighted by atomic mass is 9.78. The highest BCUT2D eigenvalue weighted by Crippen LogP contribution is 2.34. The van der Waals surface area contributed by atoms with Gasteiger partial charge in [0.05, 0.1) is 0 Å². The van der Waals surface area contributed by atoms with Crippen LogP contribution in [0.1, 0.15) is 71.4 Å². The molecule has 28 heavy (non-hydrogen) atoms. The van der Waals surface area contributed by atoms with E-state index in [9.17, 15) is 0 Å². The summed E-state index contributed by atoms with van der Waals surface area (Å²) < 4.78 is 0. The Morgan fingerprint density at radius 1 is 0.929 bits per heavy atom. The topological polar surface area (TPSA) is 0 Å². The van der Waals surface area contributed by atoms with Crippen molar-refractivity contribution in [1.29, 1.82) is 0 Å². The van der Waals surface area contributed by atoms with Crippen molar-refractivity contribution in [1.82, 2.24) is 0 Å². The fraction of sp³-hybridized carbons (Fsp3) is 0.357. The molecule has 0 amide bonds. The number of hydrogen-bond donors (Lipinski definition) is 0. The van der Waals surface area contributed by atoms with Crippen LogP contribution < -0.4 is 0 Å². The molecular weight excluding hydrogens is 336 g/mol. The molecule has 0 aliphatic heterocycles. The van der Waals surface area contributed by atoms with Gasteiger partial charge in [-0.3, -0.25) is 0 Å². The quantitative estimate of drug-likeness (QED) is 0.447. The molecule has 0 bridgehead atoms. The molecule has 0 aliphatic carbocycles. The second-order valence-corrected chi connectivity index (χ2v) is 7.84. The largest absolute Gasteiger partial charge is 0.0955 e. The first-order valence-electron chi connectivity index (χ1n) is 10.4. The first-order valence-corrected chi connectivity index (χ1v) is 10.4. The van der Waals surface area contributed by atoms with Gasteiger partial charge in [0.25, 0.3) is 0 Å². The minimum atomic E-state index is 0.274. The molecule has 2 aromatic rings. The Morgan fingerprint density at radius 2 is 1.50 bits per heavy atom. The molecule has 0 atom stereocenters. The maximum atomic E-state index is 3.83. The standard InChI is InChI=1S/C19H26.C9H10/c1-5-11-18(19(3,4)16-6-2)15-10-14-17-12-8-7-9-13-17;1-8(2)9-6-4-3-5-7-9/h7-9,12-13,15H,5-6,11,16H2,1-4H3;3-7H,1H2,2H3/b18-15+;. The van der Waals surface area contributed by atoms with Crippen LogP contribution in [0.5, 0.6) is 0 Å². The monoisotopic (exact) mass is 372 g/mol. The summed E-state index contributed by atoms with van der Waals surface area (Å²) in [6, 6.07) is 20.3. The summed E-state index contributed by atoms with van der Waals surface area (Å²) in [7, 11) is 0. The third kappa shape index (κ3) is 8.92. The van der Waals surface area contributed by atoms with Crippen molar-refractivity contribution >= 4 is 5.57 Å². The fourth-order valence-corrected chi connectivity index (χ4v) is 3.11. The molecule has 148 valence electrons. The second-order valence-electron chi connectivity index (χ2n) is 7.84. The summed E-state index contributed by atoms with van der Waals surface area (Å²) in [5.41, 5.74) is 5.19. The van der Waals surface area contributed by atoms with Gasteiger partial charge in [-0.1, -0.05) is 119 Å². The van der Waals surface area contributed by atoms with Crippen molar-refractivity contribution in [3.8, 4) is 11.8 Å². The summed E-state index contributed by atoms with van der Waals surface area (Å²) in [4.78, 5) is 0. The molecule has 0 fully saturated rings. The molecule has 2 aromatic carbocycles. The van der Waals surface area contributed by atoms with E-state index in [-0.39, 0.29) is 5.41 Å². The first-order chi connectivity index (χ1) is 13.4. The van der Waals surface area contributed by atoms with Crippen LogP contribution in [0.15, 0.2) is 78.9 Å². The van der Waals surface area contributed by atoms with Crippen LogP contribution in [0, 0.1) is 17.3 Å². The van der Waals surface area contributed by atoms with Gasteiger partial charge in [0.2, 0.25) is 0 Å². The van der Waals surface area contributed by atoms with Crippen LogP contribution in [0.3, 0.4) is 0 Å². The van der Waals surface area contributed by atoms with Gasteiger partial charge in [-0.25, -0.2) is 0 Å². The van der Waals surface area contributed by atoms with E-state index >= 15 is 0 Å². The highest BCUT2D eigenvalue weighted by molar-refractivity contribution is 5.60.